The van der Waals surface area contributed by atoms with Gasteiger partial charge >= 0.3 is 0 Å². The van der Waals surface area contributed by atoms with Crippen molar-refractivity contribution in [2.45, 2.75) is 52.4 Å². The van der Waals surface area contributed by atoms with Crippen molar-refractivity contribution < 1.29 is 24.5 Å². The molecule has 0 atom stereocenters. The molecule has 0 N–H and O–H groups in total. The molecule has 4 nitrogen and oxygen atoms in total. The summed E-state index contributed by atoms with van der Waals surface area (Å²) in [6.45, 7) is 13.2. The van der Waals surface area contributed by atoms with Gasteiger partial charge in [-0.1, -0.05) is 70.7 Å². The van der Waals surface area contributed by atoms with E-state index in [0.29, 0.717) is 0 Å². The second kappa shape index (κ2) is 12.1. The van der Waals surface area contributed by atoms with Crippen LogP contribution in [0.1, 0.15) is 52.1 Å². The van der Waals surface area contributed by atoms with Crippen LogP contribution in [0.2, 0.25) is 0 Å². The predicted octanol–water partition coefficient (Wildman–Crippen LogP) is 10.2. The third-order valence-electron chi connectivity index (χ3n) is 7.11. The Morgan fingerprint density at radius 2 is 1.51 bits per heavy atom. The molecular weight excluding hydrogens is 727 g/mol. The van der Waals surface area contributed by atoms with Crippen molar-refractivity contribution in [2.24, 2.45) is 0 Å². The Kier molecular flexibility index (Phi) is 8.67. The van der Waals surface area contributed by atoms with E-state index in [1.54, 1.807) is 17.5 Å². The van der Waals surface area contributed by atoms with Crippen LogP contribution in [0, 0.1) is 12.1 Å². The van der Waals surface area contributed by atoms with Crippen LogP contribution in [0.25, 0.3) is 54.7 Å². The SMILES string of the molecule is CC(C)(C)c1ccnc(-c2[c-]ccc3c2oc2cc4nc(C(C)(C)C)sc4cc23)c1.[Ir].[c-]1ccccc1-c1ccccn1. The molecule has 7 rings (SSSR count). The normalized spacial score (nSPS) is 11.8. The molecule has 0 spiro atoms. The van der Waals surface area contributed by atoms with Crippen molar-refractivity contribution in [3.05, 3.63) is 114 Å². The molecule has 3 aromatic carbocycles. The first kappa shape index (κ1) is 30.7. The van der Waals surface area contributed by atoms with E-state index < -0.39 is 0 Å². The summed E-state index contributed by atoms with van der Waals surface area (Å²) in [5.41, 5.74) is 7.83. The molecule has 0 aliphatic heterocycles. The minimum absolute atomic E-state index is 0. The zero-order valence-electron chi connectivity index (χ0n) is 25.2. The Hall–Kier alpha value is -3.70. The standard InChI is InChI=1S/C26H25N2OS.C11H8N.Ir/c1-25(2,3)15-10-11-27-19(12-15)17-9-7-8-16-18-13-22-20(14-21(18)29-23(16)17)28-24(30-22)26(4,5)6;1-2-6-10(7-3-1)11-8-4-5-9-12-11;/h7-8,10-14H,1-6H3;1-6,8-9H;/q2*-1;. The summed E-state index contributed by atoms with van der Waals surface area (Å²) < 4.78 is 7.55. The maximum atomic E-state index is 6.36. The molecule has 0 unspecified atom stereocenters. The Balaban J connectivity index is 0.000000238. The molecule has 0 aliphatic carbocycles. The number of thiazole rings is 1. The molecule has 0 bridgehead atoms. The molecule has 0 saturated carbocycles. The third kappa shape index (κ3) is 6.47. The maximum absolute atomic E-state index is 6.36. The Morgan fingerprint density at radius 3 is 2.21 bits per heavy atom. The minimum Gasteiger partial charge on any atom is -0.501 e. The van der Waals surface area contributed by atoms with E-state index >= 15 is 0 Å². The van der Waals surface area contributed by atoms with Gasteiger partial charge < -0.3 is 14.4 Å². The monoisotopic (exact) mass is 760 g/mol. The minimum atomic E-state index is 0. The van der Waals surface area contributed by atoms with Crippen LogP contribution in [0.3, 0.4) is 0 Å². The number of aromatic nitrogens is 3. The molecule has 4 heterocycles. The fraction of sp³-hybridized carbons (Fsp3) is 0.216. The Bertz CT molecular complexity index is 1960. The molecule has 0 aliphatic rings. The van der Waals surface area contributed by atoms with E-state index in [2.05, 4.69) is 94.0 Å². The molecule has 0 saturated heterocycles. The third-order valence-corrected chi connectivity index (χ3v) is 8.56. The molecule has 1 radical (unpaired) electrons. The van der Waals surface area contributed by atoms with Crippen molar-refractivity contribution in [1.29, 1.82) is 0 Å². The van der Waals surface area contributed by atoms with Gasteiger partial charge in [-0.3, -0.25) is 0 Å². The van der Waals surface area contributed by atoms with Gasteiger partial charge in [-0.05, 0) is 40.6 Å². The van der Waals surface area contributed by atoms with Crippen molar-refractivity contribution in [2.75, 3.05) is 0 Å². The van der Waals surface area contributed by atoms with Gasteiger partial charge in [-0.25, -0.2) is 4.98 Å². The van der Waals surface area contributed by atoms with Crippen LogP contribution >= 0.6 is 11.3 Å². The summed E-state index contributed by atoms with van der Waals surface area (Å²) in [4.78, 5) is 13.7. The van der Waals surface area contributed by atoms with Gasteiger partial charge in [-0.15, -0.1) is 65.4 Å². The largest absolute Gasteiger partial charge is 0.501 e. The first-order valence-corrected chi connectivity index (χ1v) is 14.9. The summed E-state index contributed by atoms with van der Waals surface area (Å²) in [6.07, 6.45) is 3.66. The summed E-state index contributed by atoms with van der Waals surface area (Å²) in [6, 6.07) is 32.7. The van der Waals surface area contributed by atoms with E-state index in [4.69, 9.17) is 9.40 Å². The maximum Gasteiger partial charge on any atom is 0.123 e. The molecule has 4 aromatic heterocycles. The van der Waals surface area contributed by atoms with Crippen LogP contribution in [-0.2, 0) is 30.9 Å². The van der Waals surface area contributed by atoms with Crippen LogP contribution in [-0.4, -0.2) is 15.0 Å². The van der Waals surface area contributed by atoms with Gasteiger partial charge in [-0.2, -0.15) is 0 Å². The fourth-order valence-electron chi connectivity index (χ4n) is 4.78. The zero-order chi connectivity index (χ0) is 29.5. The van der Waals surface area contributed by atoms with Crippen LogP contribution in [0.15, 0.2) is 95.7 Å². The summed E-state index contributed by atoms with van der Waals surface area (Å²) in [5.74, 6) is 0. The number of rotatable bonds is 2. The summed E-state index contributed by atoms with van der Waals surface area (Å²) in [7, 11) is 0. The molecule has 0 amide bonds. The number of benzene rings is 3. The van der Waals surface area contributed by atoms with E-state index in [0.717, 1.165) is 55.0 Å². The van der Waals surface area contributed by atoms with E-state index in [1.807, 2.05) is 54.7 Å². The van der Waals surface area contributed by atoms with Gasteiger partial charge in [0.25, 0.3) is 0 Å². The van der Waals surface area contributed by atoms with Crippen LogP contribution in [0.5, 0.6) is 0 Å². The fourth-order valence-corrected chi connectivity index (χ4v) is 5.83. The second-order valence-corrected chi connectivity index (χ2v) is 13.5. The topological polar surface area (TPSA) is 51.8 Å². The average molecular weight is 760 g/mol. The van der Waals surface area contributed by atoms with Gasteiger partial charge in [0, 0.05) is 49.4 Å². The van der Waals surface area contributed by atoms with Gasteiger partial charge in [0.15, 0.2) is 0 Å². The number of hydrogen-bond acceptors (Lipinski definition) is 5. The zero-order valence-corrected chi connectivity index (χ0v) is 28.4. The molecule has 0 fully saturated rings. The van der Waals surface area contributed by atoms with Gasteiger partial charge in [0.05, 0.1) is 20.8 Å². The van der Waals surface area contributed by atoms with Crippen molar-refractivity contribution in [3.63, 3.8) is 0 Å². The molecule has 219 valence electrons. The van der Waals surface area contributed by atoms with Gasteiger partial charge in [0.1, 0.15) is 5.58 Å². The first-order valence-electron chi connectivity index (χ1n) is 14.1. The summed E-state index contributed by atoms with van der Waals surface area (Å²) >= 11 is 1.76. The van der Waals surface area contributed by atoms with Crippen molar-refractivity contribution in [1.82, 2.24) is 15.0 Å². The Labute approximate surface area is 270 Å². The average Bonchev–Trinajstić information content (AvgIpc) is 3.58. The molecule has 7 aromatic rings. The van der Waals surface area contributed by atoms with Gasteiger partial charge in [0.2, 0.25) is 0 Å². The van der Waals surface area contributed by atoms with Crippen LogP contribution in [0.4, 0.5) is 0 Å². The predicted molar refractivity (Wildman–Crippen MR) is 175 cm³/mol. The van der Waals surface area contributed by atoms with Crippen LogP contribution < -0.4 is 0 Å². The number of furan rings is 1. The number of pyridine rings is 2. The van der Waals surface area contributed by atoms with Crippen molar-refractivity contribution >= 4 is 43.5 Å². The first-order chi connectivity index (χ1) is 20.1. The van der Waals surface area contributed by atoms with E-state index in [1.165, 1.54) is 10.3 Å². The summed E-state index contributed by atoms with van der Waals surface area (Å²) in [5, 5.41) is 3.35. The Morgan fingerprint density at radius 1 is 0.721 bits per heavy atom. The molecular formula is C37H33IrN3OS-2. The quantitative estimate of drug-likeness (QED) is 0.165. The number of hydrogen-bond donors (Lipinski definition) is 0. The molecule has 43 heavy (non-hydrogen) atoms. The van der Waals surface area contributed by atoms with E-state index in [9.17, 15) is 0 Å². The molecule has 6 heteroatoms. The number of fused-ring (bicyclic) bond motifs is 4. The van der Waals surface area contributed by atoms with Crippen molar-refractivity contribution in [3.8, 4) is 22.5 Å². The smallest absolute Gasteiger partial charge is 0.123 e. The van der Waals surface area contributed by atoms with E-state index in [-0.39, 0.29) is 30.9 Å². The second-order valence-electron chi connectivity index (χ2n) is 12.5. The number of nitrogens with zero attached hydrogens (tertiary/aromatic N) is 3.